The fourth-order valence-corrected chi connectivity index (χ4v) is 2.64. The summed E-state index contributed by atoms with van der Waals surface area (Å²) in [6.07, 6.45) is -0.182. The van der Waals surface area contributed by atoms with Gasteiger partial charge in [-0.1, -0.05) is 6.07 Å². The van der Waals surface area contributed by atoms with Gasteiger partial charge in [0.25, 0.3) is 9.84 Å². The third kappa shape index (κ3) is 3.68. The molecule has 0 aromatic heterocycles. The van der Waals surface area contributed by atoms with E-state index in [0.717, 1.165) is 12.1 Å². The van der Waals surface area contributed by atoms with Gasteiger partial charge >= 0.3 is 5.51 Å². The number of halogens is 4. The standard InChI is InChI=1S/C11H13F4NO3S/c1-19-6-9(16)4-7-2-3-8(12)5-10(7)20(17,18)11(13,14)15/h2-3,5,9H,4,6,16H2,1H3. The highest BCUT2D eigenvalue weighted by molar-refractivity contribution is 7.92. The lowest BCUT2D eigenvalue weighted by Gasteiger charge is -2.15. The Morgan fingerprint density at radius 1 is 1.35 bits per heavy atom. The van der Waals surface area contributed by atoms with E-state index in [4.69, 9.17) is 10.5 Å². The lowest BCUT2D eigenvalue weighted by Crippen LogP contribution is -2.30. The third-order valence-corrected chi connectivity index (χ3v) is 4.05. The number of methoxy groups -OCH3 is 1. The van der Waals surface area contributed by atoms with E-state index < -0.39 is 32.1 Å². The largest absolute Gasteiger partial charge is 0.501 e. The molecule has 0 saturated carbocycles. The highest BCUT2D eigenvalue weighted by Gasteiger charge is 2.48. The number of rotatable bonds is 5. The van der Waals surface area contributed by atoms with Gasteiger partial charge in [-0.2, -0.15) is 13.2 Å². The number of hydrogen-bond acceptors (Lipinski definition) is 4. The van der Waals surface area contributed by atoms with Gasteiger partial charge in [-0.05, 0) is 24.1 Å². The Kier molecular flexibility index (Phi) is 5.11. The molecule has 2 N–H and O–H groups in total. The van der Waals surface area contributed by atoms with Crippen LogP contribution in [0.1, 0.15) is 5.56 Å². The molecule has 0 bridgehead atoms. The van der Waals surface area contributed by atoms with E-state index >= 15 is 0 Å². The SMILES string of the molecule is COCC(N)Cc1ccc(F)cc1S(=O)(=O)C(F)(F)F. The summed E-state index contributed by atoms with van der Waals surface area (Å²) in [6.45, 7) is 0.0306. The number of benzene rings is 1. The van der Waals surface area contributed by atoms with Gasteiger partial charge in [0.05, 0.1) is 11.5 Å². The van der Waals surface area contributed by atoms with Crippen molar-refractivity contribution in [3.63, 3.8) is 0 Å². The van der Waals surface area contributed by atoms with Crippen LogP contribution in [0.3, 0.4) is 0 Å². The quantitative estimate of drug-likeness (QED) is 0.839. The molecule has 4 nitrogen and oxygen atoms in total. The molecule has 0 spiro atoms. The van der Waals surface area contributed by atoms with E-state index in [2.05, 4.69) is 0 Å². The molecule has 114 valence electrons. The molecular formula is C11H13F4NO3S. The van der Waals surface area contributed by atoms with Crippen LogP contribution in [0.5, 0.6) is 0 Å². The first-order valence-electron chi connectivity index (χ1n) is 5.44. The van der Waals surface area contributed by atoms with Gasteiger partial charge < -0.3 is 10.5 Å². The van der Waals surface area contributed by atoms with Gasteiger partial charge in [0.1, 0.15) is 5.82 Å². The summed E-state index contributed by atoms with van der Waals surface area (Å²) in [5.41, 5.74) is -0.119. The van der Waals surface area contributed by atoms with Crippen molar-refractivity contribution in [2.45, 2.75) is 22.9 Å². The summed E-state index contributed by atoms with van der Waals surface area (Å²) < 4.78 is 78.2. The van der Waals surface area contributed by atoms with Crippen LogP contribution in [0.15, 0.2) is 23.1 Å². The molecular weight excluding hydrogens is 302 g/mol. The number of hydrogen-bond donors (Lipinski definition) is 1. The van der Waals surface area contributed by atoms with Crippen LogP contribution >= 0.6 is 0 Å². The maximum absolute atomic E-state index is 13.1. The molecule has 0 saturated heterocycles. The molecule has 0 amide bonds. The summed E-state index contributed by atoms with van der Waals surface area (Å²) in [5, 5.41) is 0. The zero-order valence-electron chi connectivity index (χ0n) is 10.4. The Bertz CT molecular complexity index is 572. The number of nitrogens with two attached hydrogens (primary N) is 1. The first-order valence-corrected chi connectivity index (χ1v) is 6.92. The monoisotopic (exact) mass is 315 g/mol. The van der Waals surface area contributed by atoms with E-state index in [1.807, 2.05) is 0 Å². The van der Waals surface area contributed by atoms with Crippen molar-refractivity contribution < 1.29 is 30.7 Å². The van der Waals surface area contributed by atoms with Crippen LogP contribution in [0.25, 0.3) is 0 Å². The molecule has 0 radical (unpaired) electrons. The Morgan fingerprint density at radius 3 is 2.45 bits per heavy atom. The van der Waals surface area contributed by atoms with E-state index in [-0.39, 0.29) is 18.6 Å². The smallest absolute Gasteiger partial charge is 0.383 e. The van der Waals surface area contributed by atoms with E-state index in [1.54, 1.807) is 0 Å². The third-order valence-electron chi connectivity index (χ3n) is 2.49. The normalized spacial score (nSPS) is 14.3. The average Bonchev–Trinajstić information content (AvgIpc) is 2.30. The molecule has 0 heterocycles. The summed E-state index contributed by atoms with van der Waals surface area (Å²) >= 11 is 0. The zero-order valence-corrected chi connectivity index (χ0v) is 11.3. The molecule has 1 unspecified atom stereocenters. The number of sulfone groups is 1. The molecule has 9 heteroatoms. The van der Waals surface area contributed by atoms with Gasteiger partial charge in [-0.3, -0.25) is 0 Å². The Labute approximate surface area is 113 Å². The Morgan fingerprint density at radius 2 is 1.95 bits per heavy atom. The van der Waals surface area contributed by atoms with Gasteiger partial charge in [-0.25, -0.2) is 12.8 Å². The van der Waals surface area contributed by atoms with Gasteiger partial charge in [-0.15, -0.1) is 0 Å². The first-order chi connectivity index (χ1) is 9.09. The van der Waals surface area contributed by atoms with Crippen LogP contribution < -0.4 is 5.73 Å². The predicted octanol–water partition coefficient (Wildman–Crippen LogP) is 1.64. The highest BCUT2D eigenvalue weighted by atomic mass is 32.2. The second-order valence-corrected chi connectivity index (χ2v) is 6.03. The van der Waals surface area contributed by atoms with Crippen molar-refractivity contribution in [1.82, 2.24) is 0 Å². The second kappa shape index (κ2) is 6.06. The van der Waals surface area contributed by atoms with E-state index in [1.165, 1.54) is 7.11 Å². The zero-order chi connectivity index (χ0) is 15.6. The van der Waals surface area contributed by atoms with Crippen LogP contribution in [0.4, 0.5) is 17.6 Å². The minimum Gasteiger partial charge on any atom is -0.383 e. The van der Waals surface area contributed by atoms with E-state index in [0.29, 0.717) is 6.07 Å². The second-order valence-electron chi connectivity index (χ2n) is 4.12. The van der Waals surface area contributed by atoms with Gasteiger partial charge in [0.15, 0.2) is 0 Å². The van der Waals surface area contributed by atoms with Crippen molar-refractivity contribution >= 4 is 9.84 Å². The van der Waals surface area contributed by atoms with Crippen molar-refractivity contribution in [1.29, 1.82) is 0 Å². The Hall–Kier alpha value is -1.19. The van der Waals surface area contributed by atoms with E-state index in [9.17, 15) is 26.0 Å². The molecule has 1 aromatic rings. The molecule has 1 atom stereocenters. The van der Waals surface area contributed by atoms with Gasteiger partial charge in [0.2, 0.25) is 0 Å². The first kappa shape index (κ1) is 16.9. The highest BCUT2D eigenvalue weighted by Crippen LogP contribution is 2.32. The van der Waals surface area contributed by atoms with Crippen LogP contribution in [0.2, 0.25) is 0 Å². The molecule has 20 heavy (non-hydrogen) atoms. The minimum absolute atomic E-state index is 0.0306. The molecule has 0 fully saturated rings. The molecule has 0 aliphatic carbocycles. The van der Waals surface area contributed by atoms with Crippen LogP contribution in [-0.4, -0.2) is 33.7 Å². The molecule has 1 aromatic carbocycles. The van der Waals surface area contributed by atoms with Crippen molar-refractivity contribution in [2.24, 2.45) is 5.73 Å². The summed E-state index contributed by atoms with van der Waals surface area (Å²) in [4.78, 5) is -1.11. The lowest BCUT2D eigenvalue weighted by atomic mass is 10.1. The van der Waals surface area contributed by atoms with Crippen LogP contribution in [-0.2, 0) is 21.0 Å². The topological polar surface area (TPSA) is 69.4 Å². The molecule has 0 aliphatic rings. The summed E-state index contributed by atoms with van der Waals surface area (Å²) in [5.74, 6) is -1.07. The Balaban J connectivity index is 3.29. The predicted molar refractivity (Wildman–Crippen MR) is 63.2 cm³/mol. The van der Waals surface area contributed by atoms with Gasteiger partial charge in [0, 0.05) is 13.2 Å². The lowest BCUT2D eigenvalue weighted by molar-refractivity contribution is -0.0436. The number of ether oxygens (including phenoxy) is 1. The fourth-order valence-electron chi connectivity index (χ4n) is 1.63. The summed E-state index contributed by atoms with van der Waals surface area (Å²) in [6, 6.07) is 1.50. The number of alkyl halides is 3. The molecule has 0 aliphatic heterocycles. The van der Waals surface area contributed by atoms with Crippen LogP contribution in [0, 0.1) is 5.82 Å². The van der Waals surface area contributed by atoms with Crippen molar-refractivity contribution in [3.8, 4) is 0 Å². The maximum Gasteiger partial charge on any atom is 0.501 e. The average molecular weight is 315 g/mol. The maximum atomic E-state index is 13.1. The van der Waals surface area contributed by atoms with Crippen molar-refractivity contribution in [3.05, 3.63) is 29.6 Å². The van der Waals surface area contributed by atoms with Crippen molar-refractivity contribution in [2.75, 3.05) is 13.7 Å². The minimum atomic E-state index is -5.63. The summed E-state index contributed by atoms with van der Waals surface area (Å²) in [7, 11) is -4.28. The molecule has 1 rings (SSSR count). The fraction of sp³-hybridized carbons (Fsp3) is 0.455.